The lowest BCUT2D eigenvalue weighted by molar-refractivity contribution is -0.136. The van der Waals surface area contributed by atoms with Crippen molar-refractivity contribution in [1.29, 1.82) is 0 Å². The number of hydrogen-bond donors (Lipinski definition) is 1. The number of ether oxygens (including phenoxy) is 2. The molecule has 6 nitrogen and oxygen atoms in total. The van der Waals surface area contributed by atoms with Gasteiger partial charge in [0.25, 0.3) is 0 Å². The molecule has 8 heteroatoms. The van der Waals surface area contributed by atoms with Crippen molar-refractivity contribution in [2.45, 2.75) is 19.3 Å². The molecule has 1 atom stereocenters. The van der Waals surface area contributed by atoms with Crippen LogP contribution in [0.15, 0.2) is 34.9 Å². The van der Waals surface area contributed by atoms with Crippen molar-refractivity contribution < 1.29 is 27.8 Å². The van der Waals surface area contributed by atoms with Gasteiger partial charge in [-0.15, -0.1) is 0 Å². The molecule has 0 radical (unpaired) electrons. The predicted molar refractivity (Wildman–Crippen MR) is 82.5 cm³/mol. The first-order chi connectivity index (χ1) is 12.0. The summed E-state index contributed by atoms with van der Waals surface area (Å²) in [7, 11) is 1.16. The molecule has 0 saturated heterocycles. The molecule has 25 heavy (non-hydrogen) atoms. The van der Waals surface area contributed by atoms with Crippen LogP contribution in [0, 0.1) is 5.82 Å². The Morgan fingerprint density at radius 1 is 1.48 bits per heavy atom. The average molecular weight is 350 g/mol. The van der Waals surface area contributed by atoms with Crippen LogP contribution in [0.1, 0.15) is 24.0 Å². The van der Waals surface area contributed by atoms with Gasteiger partial charge in [-0.1, -0.05) is 6.92 Å². The van der Waals surface area contributed by atoms with Crippen LogP contribution in [0.2, 0.25) is 0 Å². The number of halogens is 2. The second-order valence-corrected chi connectivity index (χ2v) is 5.59. The highest BCUT2D eigenvalue weighted by Crippen LogP contribution is 2.42. The minimum atomic E-state index is -0.998. The van der Waals surface area contributed by atoms with Gasteiger partial charge in [-0.3, -0.25) is 4.98 Å². The number of cyclic esters (lactones) is 1. The molecule has 0 bridgehead atoms. The van der Waals surface area contributed by atoms with E-state index in [0.717, 1.165) is 13.3 Å². The summed E-state index contributed by atoms with van der Waals surface area (Å²) in [6.45, 7) is 0.700. The van der Waals surface area contributed by atoms with Gasteiger partial charge in [0, 0.05) is 6.20 Å². The van der Waals surface area contributed by atoms with Gasteiger partial charge in [0.2, 0.25) is 0 Å². The lowest BCUT2D eigenvalue weighted by Gasteiger charge is -2.28. The molecule has 2 aliphatic heterocycles. The Bertz CT molecular complexity index is 817. The molecule has 132 valence electrons. The maximum absolute atomic E-state index is 14.2. The van der Waals surface area contributed by atoms with E-state index < -0.39 is 30.3 Å². The van der Waals surface area contributed by atoms with Crippen LogP contribution >= 0.6 is 0 Å². The molecule has 0 fully saturated rings. The topological polar surface area (TPSA) is 77.5 Å². The molecule has 1 unspecified atom stereocenters. The highest BCUT2D eigenvalue weighted by Gasteiger charge is 2.43. The minimum Gasteiger partial charge on any atom is -0.466 e. The Morgan fingerprint density at radius 2 is 2.24 bits per heavy atom. The molecule has 1 aromatic heterocycles. The summed E-state index contributed by atoms with van der Waals surface area (Å²) in [5, 5.41) is 2.74. The number of rotatable bonds is 4. The zero-order valence-electron chi connectivity index (χ0n) is 13.7. The van der Waals surface area contributed by atoms with E-state index in [9.17, 15) is 18.4 Å². The van der Waals surface area contributed by atoms with E-state index in [1.807, 2.05) is 0 Å². The Balaban J connectivity index is 2.28. The molecule has 2 aliphatic rings. The number of nitrogens with zero attached hydrogens (tertiary/aromatic N) is 1. The van der Waals surface area contributed by atoms with E-state index in [0.29, 0.717) is 23.2 Å². The number of pyridine rings is 1. The number of dihydropyridines is 1. The van der Waals surface area contributed by atoms with Crippen LogP contribution in [0.4, 0.5) is 8.78 Å². The lowest BCUT2D eigenvalue weighted by Crippen LogP contribution is -2.32. The summed E-state index contributed by atoms with van der Waals surface area (Å²) in [4.78, 5) is 28.4. The zero-order valence-corrected chi connectivity index (χ0v) is 13.7. The molecule has 0 saturated carbocycles. The average Bonchev–Trinajstić information content (AvgIpc) is 3.00. The molecule has 0 spiro atoms. The molecule has 0 aliphatic carbocycles. The number of carbonyl (C=O) groups excluding carboxylic acids is 2. The highest BCUT2D eigenvalue weighted by molar-refractivity contribution is 6.01. The Morgan fingerprint density at radius 3 is 2.88 bits per heavy atom. The van der Waals surface area contributed by atoms with Gasteiger partial charge in [0.05, 0.1) is 41.8 Å². The van der Waals surface area contributed by atoms with Crippen LogP contribution in [0.5, 0.6) is 0 Å². The standard InChI is InChI=1S/C17H16F2N2O4/c1-3-8-9(5-20-6-10(8)19)13-14(16(22)24-2)11(4-18)21-12-7-25-17(23)15(12)13/h5-6,13,21H,3-4,7H2,1-2H3. The predicted octanol–water partition coefficient (Wildman–Crippen LogP) is 1.68. The summed E-state index contributed by atoms with van der Waals surface area (Å²) in [6.07, 6.45) is 2.75. The quantitative estimate of drug-likeness (QED) is 0.833. The van der Waals surface area contributed by atoms with Gasteiger partial charge in [-0.2, -0.15) is 0 Å². The van der Waals surface area contributed by atoms with Gasteiger partial charge in [0.1, 0.15) is 19.1 Å². The molecule has 0 aromatic carbocycles. The van der Waals surface area contributed by atoms with Crippen molar-refractivity contribution in [2.24, 2.45) is 0 Å². The summed E-state index contributed by atoms with van der Waals surface area (Å²) in [5.41, 5.74) is 1.03. The number of allylic oxidation sites excluding steroid dienone is 1. The summed E-state index contributed by atoms with van der Waals surface area (Å²) < 4.78 is 37.6. The molecule has 3 heterocycles. The zero-order chi connectivity index (χ0) is 18.1. The van der Waals surface area contributed by atoms with Crippen LogP contribution in [-0.4, -0.2) is 37.3 Å². The number of methoxy groups -OCH3 is 1. The van der Waals surface area contributed by atoms with Crippen molar-refractivity contribution in [3.63, 3.8) is 0 Å². The molecule has 0 amide bonds. The first-order valence-electron chi connectivity index (χ1n) is 7.70. The summed E-state index contributed by atoms with van der Waals surface area (Å²) >= 11 is 0. The monoisotopic (exact) mass is 350 g/mol. The number of hydrogen-bond acceptors (Lipinski definition) is 6. The van der Waals surface area contributed by atoms with E-state index in [1.165, 1.54) is 6.20 Å². The fraction of sp³-hybridized carbons (Fsp3) is 0.353. The molecular formula is C17H16F2N2O4. The molecular weight excluding hydrogens is 334 g/mol. The molecule has 1 aromatic rings. The third-order valence-electron chi connectivity index (χ3n) is 4.34. The van der Waals surface area contributed by atoms with Crippen molar-refractivity contribution in [1.82, 2.24) is 10.3 Å². The van der Waals surface area contributed by atoms with Crippen molar-refractivity contribution >= 4 is 11.9 Å². The second-order valence-electron chi connectivity index (χ2n) is 5.59. The van der Waals surface area contributed by atoms with Gasteiger partial charge in [0.15, 0.2) is 0 Å². The van der Waals surface area contributed by atoms with E-state index in [2.05, 4.69) is 10.3 Å². The van der Waals surface area contributed by atoms with Crippen molar-refractivity contribution in [3.8, 4) is 0 Å². The van der Waals surface area contributed by atoms with Crippen LogP contribution in [-0.2, 0) is 25.5 Å². The number of carbonyl (C=O) groups is 2. The minimum absolute atomic E-state index is 0.0276. The van der Waals surface area contributed by atoms with Crippen LogP contribution in [0.25, 0.3) is 0 Å². The van der Waals surface area contributed by atoms with Crippen molar-refractivity contribution in [2.75, 3.05) is 20.4 Å². The molecule has 3 rings (SSSR count). The van der Waals surface area contributed by atoms with E-state index >= 15 is 0 Å². The normalized spacial score (nSPS) is 19.5. The lowest BCUT2D eigenvalue weighted by atomic mass is 9.79. The maximum Gasteiger partial charge on any atom is 0.337 e. The summed E-state index contributed by atoms with van der Waals surface area (Å²) in [6, 6.07) is 0. The van der Waals surface area contributed by atoms with E-state index in [-0.39, 0.29) is 23.5 Å². The smallest absolute Gasteiger partial charge is 0.337 e. The van der Waals surface area contributed by atoms with E-state index in [4.69, 9.17) is 9.47 Å². The fourth-order valence-electron chi connectivity index (χ4n) is 3.25. The Labute approximate surface area is 142 Å². The number of aromatic nitrogens is 1. The largest absolute Gasteiger partial charge is 0.466 e. The number of alkyl halides is 1. The Hall–Kier alpha value is -2.77. The van der Waals surface area contributed by atoms with E-state index in [1.54, 1.807) is 6.92 Å². The first-order valence-corrected chi connectivity index (χ1v) is 7.70. The highest BCUT2D eigenvalue weighted by atomic mass is 19.1. The third-order valence-corrected chi connectivity index (χ3v) is 4.34. The van der Waals surface area contributed by atoms with Gasteiger partial charge < -0.3 is 14.8 Å². The van der Waals surface area contributed by atoms with Crippen LogP contribution in [0.3, 0.4) is 0 Å². The van der Waals surface area contributed by atoms with Gasteiger partial charge >= 0.3 is 11.9 Å². The number of esters is 2. The maximum atomic E-state index is 14.2. The third kappa shape index (κ3) is 2.67. The van der Waals surface area contributed by atoms with Gasteiger partial charge in [-0.25, -0.2) is 18.4 Å². The number of nitrogens with one attached hydrogen (secondary N) is 1. The van der Waals surface area contributed by atoms with Crippen molar-refractivity contribution in [3.05, 3.63) is 51.9 Å². The second kappa shape index (κ2) is 6.62. The summed E-state index contributed by atoms with van der Waals surface area (Å²) in [5.74, 6) is -3.00. The van der Waals surface area contributed by atoms with Crippen LogP contribution < -0.4 is 5.32 Å². The Kier molecular flexibility index (Phi) is 4.52. The first kappa shape index (κ1) is 17.1. The molecule has 1 N–H and O–H groups in total. The fourth-order valence-corrected chi connectivity index (χ4v) is 3.25. The SMILES string of the molecule is CCc1c(F)cncc1C1C(C(=O)OC)=C(CF)NC2=C1C(=O)OC2. The van der Waals surface area contributed by atoms with Gasteiger partial charge in [-0.05, 0) is 17.5 Å².